The van der Waals surface area contributed by atoms with Gasteiger partial charge < -0.3 is 5.32 Å². The van der Waals surface area contributed by atoms with Crippen LogP contribution < -0.4 is 10.0 Å². The predicted molar refractivity (Wildman–Crippen MR) is 84.6 cm³/mol. The van der Waals surface area contributed by atoms with Crippen LogP contribution in [0.1, 0.15) is 16.1 Å². The molecule has 1 aromatic carbocycles. The largest absolute Gasteiger partial charge is 0.307 e. The number of halogens is 1. The quantitative estimate of drug-likeness (QED) is 0.893. The van der Waals surface area contributed by atoms with Gasteiger partial charge in [-0.15, -0.1) is 0 Å². The van der Waals surface area contributed by atoms with Crippen molar-refractivity contribution < 1.29 is 13.2 Å². The van der Waals surface area contributed by atoms with Crippen LogP contribution in [-0.2, 0) is 10.0 Å². The molecule has 1 amide bonds. The summed E-state index contributed by atoms with van der Waals surface area (Å²) in [6.45, 7) is 1.80. The molecule has 22 heavy (non-hydrogen) atoms. The van der Waals surface area contributed by atoms with Gasteiger partial charge in [0.25, 0.3) is 5.91 Å². The highest BCUT2D eigenvalue weighted by molar-refractivity contribution is 7.89. The Morgan fingerprint density at radius 1 is 1.23 bits per heavy atom. The molecule has 0 aliphatic carbocycles. The van der Waals surface area contributed by atoms with E-state index < -0.39 is 15.9 Å². The summed E-state index contributed by atoms with van der Waals surface area (Å²) in [6, 6.07) is 9.24. The second-order valence-electron chi connectivity index (χ2n) is 4.47. The van der Waals surface area contributed by atoms with E-state index in [-0.39, 0.29) is 15.5 Å². The molecule has 1 aromatic heterocycles. The Hall–Kier alpha value is -1.96. The molecule has 8 heteroatoms. The van der Waals surface area contributed by atoms with E-state index in [0.717, 1.165) is 5.69 Å². The third-order valence-electron chi connectivity index (χ3n) is 2.88. The first-order valence-corrected chi connectivity index (χ1v) is 8.18. The SMILES string of the molecule is CNS(=O)(=O)c1cc(C(=O)Nc2cccc(C)n2)ccc1Cl. The van der Waals surface area contributed by atoms with E-state index >= 15 is 0 Å². The summed E-state index contributed by atoms with van der Waals surface area (Å²) in [5.74, 6) is -0.0831. The van der Waals surface area contributed by atoms with Gasteiger partial charge in [0.05, 0.1) is 5.02 Å². The van der Waals surface area contributed by atoms with Gasteiger partial charge in [-0.1, -0.05) is 17.7 Å². The lowest BCUT2D eigenvalue weighted by Crippen LogP contribution is -2.20. The van der Waals surface area contributed by atoms with Crippen molar-refractivity contribution >= 4 is 33.3 Å². The summed E-state index contributed by atoms with van der Waals surface area (Å²) in [7, 11) is -2.47. The number of benzene rings is 1. The van der Waals surface area contributed by atoms with Crippen LogP contribution in [0.2, 0.25) is 5.02 Å². The highest BCUT2D eigenvalue weighted by Gasteiger charge is 2.18. The number of aryl methyl sites for hydroxylation is 1. The van der Waals surface area contributed by atoms with Gasteiger partial charge >= 0.3 is 0 Å². The van der Waals surface area contributed by atoms with Gasteiger partial charge in [-0.3, -0.25) is 4.79 Å². The number of hydrogen-bond acceptors (Lipinski definition) is 4. The fraction of sp³-hybridized carbons (Fsp3) is 0.143. The van der Waals surface area contributed by atoms with Gasteiger partial charge in [0.1, 0.15) is 10.7 Å². The summed E-state index contributed by atoms with van der Waals surface area (Å²) in [6.07, 6.45) is 0. The first-order valence-electron chi connectivity index (χ1n) is 6.31. The van der Waals surface area contributed by atoms with Crippen molar-refractivity contribution in [1.29, 1.82) is 0 Å². The summed E-state index contributed by atoms with van der Waals surface area (Å²) < 4.78 is 25.9. The lowest BCUT2D eigenvalue weighted by atomic mass is 10.2. The Morgan fingerprint density at radius 3 is 2.59 bits per heavy atom. The minimum Gasteiger partial charge on any atom is -0.307 e. The zero-order valence-corrected chi connectivity index (χ0v) is 13.5. The van der Waals surface area contributed by atoms with Crippen LogP contribution in [0.25, 0.3) is 0 Å². The standard InChI is InChI=1S/C14H14ClN3O3S/c1-9-4-3-5-13(17-9)18-14(19)10-6-7-11(15)12(8-10)22(20,21)16-2/h3-8,16H,1-2H3,(H,17,18,19). The van der Waals surface area contributed by atoms with Crippen molar-refractivity contribution in [3.05, 3.63) is 52.7 Å². The van der Waals surface area contributed by atoms with Crippen molar-refractivity contribution in [3.8, 4) is 0 Å². The molecular formula is C14H14ClN3O3S. The minimum atomic E-state index is -3.74. The van der Waals surface area contributed by atoms with E-state index in [2.05, 4.69) is 15.0 Å². The van der Waals surface area contributed by atoms with Crippen LogP contribution in [0.3, 0.4) is 0 Å². The fourth-order valence-electron chi connectivity index (χ4n) is 1.76. The molecular weight excluding hydrogens is 326 g/mol. The van der Waals surface area contributed by atoms with Crippen molar-refractivity contribution in [2.24, 2.45) is 0 Å². The third kappa shape index (κ3) is 3.62. The summed E-state index contributed by atoms with van der Waals surface area (Å²) in [5, 5.41) is 2.65. The van der Waals surface area contributed by atoms with E-state index in [1.807, 2.05) is 0 Å². The first kappa shape index (κ1) is 16.4. The molecule has 0 atom stereocenters. The van der Waals surface area contributed by atoms with E-state index in [1.165, 1.54) is 25.2 Å². The van der Waals surface area contributed by atoms with E-state index in [4.69, 9.17) is 11.6 Å². The van der Waals surface area contributed by atoms with E-state index in [9.17, 15) is 13.2 Å². The van der Waals surface area contributed by atoms with Crippen LogP contribution in [-0.4, -0.2) is 26.4 Å². The first-order chi connectivity index (χ1) is 10.3. The molecule has 2 N–H and O–H groups in total. The number of anilines is 1. The molecule has 0 radical (unpaired) electrons. The number of hydrogen-bond donors (Lipinski definition) is 2. The van der Waals surface area contributed by atoms with Gasteiger partial charge in [-0.25, -0.2) is 18.1 Å². The Bertz CT molecular complexity index is 822. The number of amides is 1. The lowest BCUT2D eigenvalue weighted by Gasteiger charge is -2.09. The minimum absolute atomic E-state index is 0.0413. The molecule has 116 valence electrons. The number of pyridine rings is 1. The number of sulfonamides is 1. The van der Waals surface area contributed by atoms with Crippen molar-refractivity contribution in [2.45, 2.75) is 11.8 Å². The summed E-state index contributed by atoms with van der Waals surface area (Å²) in [4.78, 5) is 16.2. The van der Waals surface area contributed by atoms with Gasteiger partial charge in [0.15, 0.2) is 0 Å². The smallest absolute Gasteiger partial charge is 0.256 e. The monoisotopic (exact) mass is 339 g/mol. The molecule has 0 unspecified atom stereocenters. The number of rotatable bonds is 4. The Kier molecular flexibility index (Phi) is 4.80. The van der Waals surface area contributed by atoms with E-state index in [1.54, 1.807) is 25.1 Å². The maximum absolute atomic E-state index is 12.2. The fourth-order valence-corrected chi connectivity index (χ4v) is 3.01. The van der Waals surface area contributed by atoms with E-state index in [0.29, 0.717) is 5.82 Å². The normalized spacial score (nSPS) is 11.2. The van der Waals surface area contributed by atoms with Gasteiger partial charge in [-0.2, -0.15) is 0 Å². The third-order valence-corrected chi connectivity index (χ3v) is 4.78. The molecule has 2 aromatic rings. The lowest BCUT2D eigenvalue weighted by molar-refractivity contribution is 0.102. The van der Waals surface area contributed by atoms with Crippen LogP contribution in [0, 0.1) is 6.92 Å². The van der Waals surface area contributed by atoms with Gasteiger partial charge in [-0.05, 0) is 44.3 Å². The molecule has 6 nitrogen and oxygen atoms in total. The van der Waals surface area contributed by atoms with Crippen molar-refractivity contribution in [2.75, 3.05) is 12.4 Å². The number of nitrogens with zero attached hydrogens (tertiary/aromatic N) is 1. The number of carbonyl (C=O) groups is 1. The summed E-state index contributed by atoms with van der Waals surface area (Å²) in [5.41, 5.74) is 0.925. The Labute approximate surface area is 133 Å². The van der Waals surface area contributed by atoms with Crippen molar-refractivity contribution in [3.63, 3.8) is 0 Å². The number of carbonyl (C=O) groups excluding carboxylic acids is 1. The zero-order valence-electron chi connectivity index (χ0n) is 11.9. The molecule has 2 rings (SSSR count). The molecule has 0 saturated carbocycles. The second kappa shape index (κ2) is 6.43. The zero-order chi connectivity index (χ0) is 16.3. The van der Waals surface area contributed by atoms with Gasteiger partial charge in [0.2, 0.25) is 10.0 Å². The highest BCUT2D eigenvalue weighted by atomic mass is 35.5. The maximum atomic E-state index is 12.2. The maximum Gasteiger partial charge on any atom is 0.256 e. The van der Waals surface area contributed by atoms with Crippen molar-refractivity contribution in [1.82, 2.24) is 9.71 Å². The molecule has 0 aliphatic heterocycles. The average Bonchev–Trinajstić information content (AvgIpc) is 2.47. The topological polar surface area (TPSA) is 88.2 Å². The molecule has 0 spiro atoms. The van der Waals surface area contributed by atoms with Crippen LogP contribution >= 0.6 is 11.6 Å². The predicted octanol–water partition coefficient (Wildman–Crippen LogP) is 2.20. The van der Waals surface area contributed by atoms with Crippen LogP contribution in [0.4, 0.5) is 5.82 Å². The van der Waals surface area contributed by atoms with Crippen LogP contribution in [0.15, 0.2) is 41.3 Å². The Morgan fingerprint density at radius 2 is 1.95 bits per heavy atom. The highest BCUT2D eigenvalue weighted by Crippen LogP contribution is 2.22. The second-order valence-corrected chi connectivity index (χ2v) is 6.73. The van der Waals surface area contributed by atoms with Crippen LogP contribution in [0.5, 0.6) is 0 Å². The molecule has 0 bridgehead atoms. The molecule has 0 fully saturated rings. The average molecular weight is 340 g/mol. The molecule has 0 aliphatic rings. The summed E-state index contributed by atoms with van der Waals surface area (Å²) >= 11 is 5.88. The van der Waals surface area contributed by atoms with Gasteiger partial charge in [0, 0.05) is 11.3 Å². The Balaban J connectivity index is 2.33. The number of aromatic nitrogens is 1. The number of nitrogens with one attached hydrogen (secondary N) is 2. The molecule has 1 heterocycles. The molecule has 0 saturated heterocycles.